The highest BCUT2D eigenvalue weighted by Crippen LogP contribution is 2.23. The highest BCUT2D eigenvalue weighted by Gasteiger charge is 2.30. The second-order valence-corrected chi connectivity index (χ2v) is 2.25. The van der Waals surface area contributed by atoms with Crippen LogP contribution in [0.1, 0.15) is 13.3 Å². The van der Waals surface area contributed by atoms with E-state index in [0.717, 1.165) is 13.0 Å². The molecular weight excluding hydrogens is 90.1 g/mol. The van der Waals surface area contributed by atoms with Gasteiger partial charge < -0.3 is 10.5 Å². The number of hydrogen-bond donors (Lipinski definition) is 1. The van der Waals surface area contributed by atoms with E-state index in [1.54, 1.807) is 0 Å². The van der Waals surface area contributed by atoms with Gasteiger partial charge in [-0.2, -0.15) is 0 Å². The fraction of sp³-hybridized carbons (Fsp3) is 1.00. The quantitative estimate of drug-likeness (QED) is 0.509. The molecule has 42 valence electrons. The summed E-state index contributed by atoms with van der Waals surface area (Å²) in [6, 6.07) is 0. The molecule has 0 amide bonds. The lowest BCUT2D eigenvalue weighted by molar-refractivity contribution is -0.126. The van der Waals surface area contributed by atoms with Crippen LogP contribution in [0.15, 0.2) is 0 Å². The molecule has 2 heteroatoms. The molecule has 1 rings (SSSR count). The molecule has 0 radical (unpaired) electrons. The minimum absolute atomic E-state index is 0.0417. The molecule has 1 unspecified atom stereocenters. The predicted octanol–water partition coefficient (Wildman–Crippen LogP) is 0.124. The molecule has 1 heterocycles. The summed E-state index contributed by atoms with van der Waals surface area (Å²) in [6.45, 7) is 3.59. The van der Waals surface area contributed by atoms with Crippen molar-refractivity contribution in [2.75, 3.05) is 13.2 Å². The van der Waals surface area contributed by atoms with Gasteiger partial charge in [-0.1, -0.05) is 0 Å². The summed E-state index contributed by atoms with van der Waals surface area (Å²) in [4.78, 5) is 0. The standard InChI is InChI=1S/C5H11NO/c1-5(4-6)2-3-7-5/h2-4,6H2,1H3. The molecule has 0 aromatic heterocycles. The van der Waals surface area contributed by atoms with Crippen molar-refractivity contribution in [2.45, 2.75) is 18.9 Å². The molecule has 0 aromatic rings. The topological polar surface area (TPSA) is 35.2 Å². The SMILES string of the molecule is CC1(CN)CCO1. The highest BCUT2D eigenvalue weighted by molar-refractivity contribution is 4.82. The van der Waals surface area contributed by atoms with E-state index >= 15 is 0 Å². The summed E-state index contributed by atoms with van der Waals surface area (Å²) < 4.78 is 5.14. The van der Waals surface area contributed by atoms with E-state index in [1.165, 1.54) is 0 Å². The molecule has 1 fully saturated rings. The Morgan fingerprint density at radius 1 is 1.86 bits per heavy atom. The van der Waals surface area contributed by atoms with Crippen LogP contribution in [0.5, 0.6) is 0 Å². The van der Waals surface area contributed by atoms with Gasteiger partial charge in [0.1, 0.15) is 0 Å². The molecule has 1 atom stereocenters. The third kappa shape index (κ3) is 0.763. The number of rotatable bonds is 1. The highest BCUT2D eigenvalue weighted by atomic mass is 16.5. The first-order chi connectivity index (χ1) is 3.27. The summed E-state index contributed by atoms with van der Waals surface area (Å²) in [7, 11) is 0. The Bertz CT molecular complexity index is 63.0. The van der Waals surface area contributed by atoms with Crippen molar-refractivity contribution >= 4 is 0 Å². The summed E-state index contributed by atoms with van der Waals surface area (Å²) in [5.41, 5.74) is 5.38. The van der Waals surface area contributed by atoms with E-state index in [4.69, 9.17) is 10.5 Å². The Labute approximate surface area is 43.6 Å². The average molecular weight is 101 g/mol. The van der Waals surface area contributed by atoms with Crippen LogP contribution in [0.2, 0.25) is 0 Å². The van der Waals surface area contributed by atoms with E-state index in [0.29, 0.717) is 6.54 Å². The largest absolute Gasteiger partial charge is 0.374 e. The zero-order valence-corrected chi connectivity index (χ0v) is 4.61. The van der Waals surface area contributed by atoms with E-state index in [1.807, 2.05) is 6.92 Å². The zero-order valence-electron chi connectivity index (χ0n) is 4.61. The zero-order chi connectivity index (χ0) is 5.33. The Balaban J connectivity index is 2.29. The van der Waals surface area contributed by atoms with Gasteiger partial charge in [0.2, 0.25) is 0 Å². The van der Waals surface area contributed by atoms with Crippen LogP contribution in [-0.2, 0) is 4.74 Å². The van der Waals surface area contributed by atoms with E-state index < -0.39 is 0 Å². The van der Waals surface area contributed by atoms with Crippen molar-refractivity contribution in [3.8, 4) is 0 Å². The molecule has 0 aromatic carbocycles. The van der Waals surface area contributed by atoms with Crippen LogP contribution in [0.25, 0.3) is 0 Å². The molecule has 0 bridgehead atoms. The van der Waals surface area contributed by atoms with Crippen LogP contribution in [0, 0.1) is 0 Å². The molecule has 7 heavy (non-hydrogen) atoms. The second-order valence-electron chi connectivity index (χ2n) is 2.25. The lowest BCUT2D eigenvalue weighted by Gasteiger charge is -2.37. The Hall–Kier alpha value is -0.0800. The number of nitrogens with two attached hydrogens (primary N) is 1. The van der Waals surface area contributed by atoms with Gasteiger partial charge in [-0.25, -0.2) is 0 Å². The van der Waals surface area contributed by atoms with Crippen LogP contribution in [0.3, 0.4) is 0 Å². The van der Waals surface area contributed by atoms with Gasteiger partial charge >= 0.3 is 0 Å². The summed E-state index contributed by atoms with van der Waals surface area (Å²) >= 11 is 0. The molecule has 1 aliphatic rings. The molecule has 1 saturated heterocycles. The van der Waals surface area contributed by atoms with Crippen molar-refractivity contribution in [3.05, 3.63) is 0 Å². The van der Waals surface area contributed by atoms with Crippen LogP contribution < -0.4 is 5.73 Å². The maximum absolute atomic E-state index is 5.34. The summed E-state index contributed by atoms with van der Waals surface area (Å²) in [6.07, 6.45) is 1.13. The lowest BCUT2D eigenvalue weighted by atomic mass is 9.98. The van der Waals surface area contributed by atoms with Gasteiger partial charge in [-0.3, -0.25) is 0 Å². The Morgan fingerprint density at radius 3 is 2.43 bits per heavy atom. The van der Waals surface area contributed by atoms with Crippen molar-refractivity contribution < 1.29 is 4.74 Å². The van der Waals surface area contributed by atoms with Crippen LogP contribution >= 0.6 is 0 Å². The normalized spacial score (nSPS) is 40.3. The fourth-order valence-corrected chi connectivity index (χ4v) is 0.612. The van der Waals surface area contributed by atoms with E-state index in [2.05, 4.69) is 0 Å². The summed E-state index contributed by atoms with van der Waals surface area (Å²) in [5.74, 6) is 0. The lowest BCUT2D eigenvalue weighted by Crippen LogP contribution is -2.46. The van der Waals surface area contributed by atoms with E-state index in [9.17, 15) is 0 Å². The van der Waals surface area contributed by atoms with E-state index in [-0.39, 0.29) is 5.60 Å². The van der Waals surface area contributed by atoms with Crippen LogP contribution in [-0.4, -0.2) is 18.8 Å². The van der Waals surface area contributed by atoms with Gasteiger partial charge in [0.25, 0.3) is 0 Å². The number of hydrogen-bond acceptors (Lipinski definition) is 2. The molecule has 2 nitrogen and oxygen atoms in total. The van der Waals surface area contributed by atoms with Gasteiger partial charge in [0.15, 0.2) is 0 Å². The maximum Gasteiger partial charge on any atom is 0.0798 e. The Morgan fingerprint density at radius 2 is 2.43 bits per heavy atom. The summed E-state index contributed by atoms with van der Waals surface area (Å²) in [5, 5.41) is 0. The van der Waals surface area contributed by atoms with Crippen molar-refractivity contribution in [3.63, 3.8) is 0 Å². The third-order valence-corrected chi connectivity index (χ3v) is 1.51. The van der Waals surface area contributed by atoms with Gasteiger partial charge in [-0.15, -0.1) is 0 Å². The predicted molar refractivity (Wildman–Crippen MR) is 28.0 cm³/mol. The third-order valence-electron chi connectivity index (χ3n) is 1.51. The second kappa shape index (κ2) is 1.46. The first-order valence-corrected chi connectivity index (χ1v) is 2.61. The van der Waals surface area contributed by atoms with Crippen molar-refractivity contribution in [1.82, 2.24) is 0 Å². The molecular formula is C5H11NO. The van der Waals surface area contributed by atoms with Gasteiger partial charge in [-0.05, 0) is 6.92 Å². The number of ether oxygens (including phenoxy) is 1. The molecule has 0 aliphatic carbocycles. The maximum atomic E-state index is 5.34. The minimum Gasteiger partial charge on any atom is -0.374 e. The fourth-order valence-electron chi connectivity index (χ4n) is 0.612. The van der Waals surface area contributed by atoms with Crippen molar-refractivity contribution in [2.24, 2.45) is 5.73 Å². The first kappa shape index (κ1) is 5.06. The molecule has 2 N–H and O–H groups in total. The average Bonchev–Trinajstić information content (AvgIpc) is 1.61. The molecule has 1 aliphatic heterocycles. The smallest absolute Gasteiger partial charge is 0.0798 e. The van der Waals surface area contributed by atoms with Gasteiger partial charge in [0, 0.05) is 13.0 Å². The monoisotopic (exact) mass is 101 g/mol. The minimum atomic E-state index is 0.0417. The van der Waals surface area contributed by atoms with Gasteiger partial charge in [0.05, 0.1) is 12.2 Å². The molecule has 0 spiro atoms. The first-order valence-electron chi connectivity index (χ1n) is 2.61. The van der Waals surface area contributed by atoms with Crippen LogP contribution in [0.4, 0.5) is 0 Å². The van der Waals surface area contributed by atoms with Crippen molar-refractivity contribution in [1.29, 1.82) is 0 Å². The Kier molecular flexibility index (Phi) is 1.05. The molecule has 0 saturated carbocycles.